The van der Waals surface area contributed by atoms with Gasteiger partial charge in [-0.1, -0.05) is 60.7 Å². The molecule has 0 radical (unpaired) electrons. The lowest BCUT2D eigenvalue weighted by Crippen LogP contribution is -2.26. The fraction of sp³-hybridized carbons (Fsp3) is 0.156. The van der Waals surface area contributed by atoms with Crippen molar-refractivity contribution < 1.29 is 43.5 Å². The van der Waals surface area contributed by atoms with Crippen LogP contribution < -0.4 is 14.4 Å². The highest BCUT2D eigenvalue weighted by atomic mass is 16.6. The smallest absolute Gasteiger partial charge is 0.419 e. The number of aliphatic hydroxyl groups excluding tert-OH is 1. The van der Waals surface area contributed by atoms with Gasteiger partial charge in [0.15, 0.2) is 13.2 Å². The summed E-state index contributed by atoms with van der Waals surface area (Å²) in [5.41, 5.74) is 2.82. The Labute approximate surface area is 243 Å². The molecule has 218 valence electrons. The number of nitrogens with zero attached hydrogens (tertiary/aromatic N) is 1. The van der Waals surface area contributed by atoms with Gasteiger partial charge in [0.25, 0.3) is 0 Å². The van der Waals surface area contributed by atoms with E-state index in [2.05, 4.69) is 4.74 Å². The van der Waals surface area contributed by atoms with E-state index >= 15 is 0 Å². The zero-order valence-electron chi connectivity index (χ0n) is 22.9. The molecule has 10 heteroatoms. The molecular formula is C32H31NO9. The topological polar surface area (TPSA) is 132 Å². The van der Waals surface area contributed by atoms with E-state index < -0.39 is 24.6 Å². The number of aliphatic hydroxyl groups is 1. The lowest BCUT2D eigenvalue weighted by Gasteiger charge is -2.22. The van der Waals surface area contributed by atoms with E-state index in [1.165, 1.54) is 12.0 Å². The zero-order valence-corrected chi connectivity index (χ0v) is 22.9. The molecule has 0 atom stereocenters. The molecule has 1 amide bonds. The summed E-state index contributed by atoms with van der Waals surface area (Å²) in [6.45, 7) is -0.570. The van der Waals surface area contributed by atoms with E-state index in [0.717, 1.165) is 5.56 Å². The fourth-order valence-electron chi connectivity index (χ4n) is 3.53. The Balaban J connectivity index is 0.000000291. The highest BCUT2D eigenvalue weighted by molar-refractivity contribution is 5.95. The van der Waals surface area contributed by atoms with E-state index in [9.17, 15) is 14.4 Å². The Morgan fingerprint density at radius 1 is 0.690 bits per heavy atom. The van der Waals surface area contributed by atoms with Gasteiger partial charge >= 0.3 is 18.0 Å². The van der Waals surface area contributed by atoms with Gasteiger partial charge in [0.1, 0.15) is 18.1 Å². The van der Waals surface area contributed by atoms with Gasteiger partial charge in [-0.3, -0.25) is 0 Å². The molecule has 0 spiro atoms. The van der Waals surface area contributed by atoms with Crippen molar-refractivity contribution in [2.24, 2.45) is 0 Å². The predicted octanol–water partition coefficient (Wildman–Crippen LogP) is 5.36. The molecule has 0 unspecified atom stereocenters. The minimum Gasteiger partial charge on any atom is -0.482 e. The van der Waals surface area contributed by atoms with Crippen molar-refractivity contribution in [1.82, 2.24) is 0 Å². The molecule has 2 N–H and O–H groups in total. The first-order chi connectivity index (χ1) is 20.4. The first kappa shape index (κ1) is 31.2. The molecule has 0 heterocycles. The van der Waals surface area contributed by atoms with Crippen LogP contribution >= 0.6 is 0 Å². The van der Waals surface area contributed by atoms with Crippen LogP contribution in [0.15, 0.2) is 109 Å². The van der Waals surface area contributed by atoms with Gasteiger partial charge in [-0.05, 0) is 59.7 Å². The van der Waals surface area contributed by atoms with Crippen molar-refractivity contribution in [1.29, 1.82) is 0 Å². The SMILES string of the molecule is COC(=O)COc1cccc(CO)c1.O=C(O)COc1cccc(COC(=O)N(c2ccccc2)c2ccccc2)c1. The van der Waals surface area contributed by atoms with Crippen LogP contribution in [0.5, 0.6) is 11.5 Å². The molecule has 4 rings (SSSR count). The number of hydrogen-bond donors (Lipinski definition) is 2. The van der Waals surface area contributed by atoms with Crippen LogP contribution in [0.2, 0.25) is 0 Å². The number of hydrogen-bond acceptors (Lipinski definition) is 8. The molecule has 10 nitrogen and oxygen atoms in total. The number of benzene rings is 4. The number of carboxylic acids is 1. The lowest BCUT2D eigenvalue weighted by atomic mass is 10.2. The van der Waals surface area contributed by atoms with E-state index in [1.54, 1.807) is 48.5 Å². The summed E-state index contributed by atoms with van der Waals surface area (Å²) < 4.78 is 20.2. The summed E-state index contributed by atoms with van der Waals surface area (Å²) in [4.78, 5) is 35.7. The van der Waals surface area contributed by atoms with Crippen molar-refractivity contribution >= 4 is 29.4 Å². The van der Waals surface area contributed by atoms with Gasteiger partial charge in [-0.2, -0.15) is 0 Å². The van der Waals surface area contributed by atoms with E-state index in [4.69, 9.17) is 24.4 Å². The summed E-state index contributed by atoms with van der Waals surface area (Å²) in [5.74, 6) is -0.543. The average molecular weight is 574 g/mol. The van der Waals surface area contributed by atoms with Crippen molar-refractivity contribution in [2.45, 2.75) is 13.2 Å². The number of esters is 1. The number of carbonyl (C=O) groups is 3. The Morgan fingerprint density at radius 2 is 1.21 bits per heavy atom. The number of rotatable bonds is 11. The van der Waals surface area contributed by atoms with E-state index in [-0.39, 0.29) is 19.8 Å². The second-order valence-corrected chi connectivity index (χ2v) is 8.56. The maximum atomic E-state index is 12.8. The fourth-order valence-corrected chi connectivity index (χ4v) is 3.53. The summed E-state index contributed by atoms with van der Waals surface area (Å²) >= 11 is 0. The van der Waals surface area contributed by atoms with E-state index in [0.29, 0.717) is 28.4 Å². The van der Waals surface area contributed by atoms with E-state index in [1.807, 2.05) is 60.7 Å². The molecule has 0 fully saturated rings. The van der Waals surface area contributed by atoms with Crippen LogP contribution in [-0.2, 0) is 32.3 Å². The Bertz CT molecular complexity index is 1390. The number of methoxy groups -OCH3 is 1. The number of carboxylic acid groups (broad SMARTS) is 1. The van der Waals surface area contributed by atoms with Gasteiger partial charge < -0.3 is 29.2 Å². The number of anilines is 2. The van der Waals surface area contributed by atoms with Crippen LogP contribution in [0.25, 0.3) is 0 Å². The monoisotopic (exact) mass is 573 g/mol. The average Bonchev–Trinajstić information content (AvgIpc) is 3.03. The molecule has 0 aliphatic heterocycles. The van der Waals surface area contributed by atoms with Gasteiger partial charge in [0, 0.05) is 0 Å². The molecule has 0 aromatic heterocycles. The highest BCUT2D eigenvalue weighted by Gasteiger charge is 2.19. The number of ether oxygens (including phenoxy) is 4. The molecule has 42 heavy (non-hydrogen) atoms. The third-order valence-corrected chi connectivity index (χ3v) is 5.50. The first-order valence-corrected chi connectivity index (χ1v) is 12.8. The van der Waals surface area contributed by atoms with Gasteiger partial charge in [-0.15, -0.1) is 0 Å². The molecule has 4 aromatic carbocycles. The predicted molar refractivity (Wildman–Crippen MR) is 155 cm³/mol. The lowest BCUT2D eigenvalue weighted by molar-refractivity contribution is -0.143. The number of amides is 1. The Kier molecular flexibility index (Phi) is 12.4. The van der Waals surface area contributed by atoms with Gasteiger partial charge in [-0.25, -0.2) is 19.3 Å². The summed E-state index contributed by atoms with van der Waals surface area (Å²) in [6, 6.07) is 32.1. The Hall–Kier alpha value is -5.35. The minimum atomic E-state index is -1.06. The van der Waals surface area contributed by atoms with Crippen LogP contribution in [0.4, 0.5) is 16.2 Å². The second kappa shape index (κ2) is 16.7. The van der Waals surface area contributed by atoms with Crippen molar-refractivity contribution in [2.75, 3.05) is 25.2 Å². The third kappa shape index (κ3) is 10.3. The minimum absolute atomic E-state index is 0.0271. The molecule has 0 saturated heterocycles. The van der Waals surface area contributed by atoms with Crippen LogP contribution in [0.3, 0.4) is 0 Å². The summed E-state index contributed by atoms with van der Waals surface area (Å²) in [5, 5.41) is 17.5. The van der Waals surface area contributed by atoms with Crippen molar-refractivity contribution in [3.63, 3.8) is 0 Å². The van der Waals surface area contributed by atoms with Gasteiger partial charge in [0.05, 0.1) is 25.1 Å². The number of para-hydroxylation sites is 2. The summed E-state index contributed by atoms with van der Waals surface area (Å²) in [6.07, 6.45) is -0.519. The van der Waals surface area contributed by atoms with Crippen LogP contribution in [0.1, 0.15) is 11.1 Å². The maximum absolute atomic E-state index is 12.8. The van der Waals surface area contributed by atoms with Gasteiger partial charge in [0.2, 0.25) is 0 Å². The van der Waals surface area contributed by atoms with Crippen molar-refractivity contribution in [3.05, 3.63) is 120 Å². The van der Waals surface area contributed by atoms with Crippen LogP contribution in [-0.4, -0.2) is 48.6 Å². The maximum Gasteiger partial charge on any atom is 0.419 e. The molecule has 0 aliphatic rings. The zero-order chi connectivity index (χ0) is 30.2. The summed E-state index contributed by atoms with van der Waals surface area (Å²) in [7, 11) is 1.30. The first-order valence-electron chi connectivity index (χ1n) is 12.8. The van der Waals surface area contributed by atoms with Crippen LogP contribution in [0, 0.1) is 0 Å². The Morgan fingerprint density at radius 3 is 1.74 bits per heavy atom. The second-order valence-electron chi connectivity index (χ2n) is 8.56. The van der Waals surface area contributed by atoms with Crippen molar-refractivity contribution in [3.8, 4) is 11.5 Å². The number of carbonyl (C=O) groups excluding carboxylic acids is 2. The molecule has 4 aromatic rings. The third-order valence-electron chi connectivity index (χ3n) is 5.50. The standard InChI is InChI=1S/C22H19NO5.C10H12O4/c24-21(25)16-27-20-13-7-8-17(14-20)15-28-22(26)23(18-9-3-1-4-10-18)19-11-5-2-6-12-19;1-13-10(12)7-14-9-4-2-3-8(5-9)6-11/h1-14H,15-16H2,(H,24,25);2-5,11H,6-7H2,1H3. The molecular weight excluding hydrogens is 542 g/mol. The highest BCUT2D eigenvalue weighted by Crippen LogP contribution is 2.26. The molecule has 0 aliphatic carbocycles. The molecule has 0 saturated carbocycles. The quantitative estimate of drug-likeness (QED) is 0.228. The normalized spacial score (nSPS) is 9.95. The largest absolute Gasteiger partial charge is 0.482 e. The number of aliphatic carboxylic acids is 1. The molecule has 0 bridgehead atoms.